The largest absolute Gasteiger partial charge is 0.479 e. The summed E-state index contributed by atoms with van der Waals surface area (Å²) in [6, 6.07) is 5.98. The van der Waals surface area contributed by atoms with Gasteiger partial charge in [0.25, 0.3) is 0 Å². The number of halogens is 1. The Hall–Kier alpha value is -1.58. The summed E-state index contributed by atoms with van der Waals surface area (Å²) in [6.07, 6.45) is 3.41. The Balaban J connectivity index is 2.28. The molecule has 0 radical (unpaired) electrons. The van der Waals surface area contributed by atoms with Crippen LogP contribution in [0.1, 0.15) is 32.6 Å². The number of hydrogen-bond donors (Lipinski definition) is 2. The van der Waals surface area contributed by atoms with Crippen LogP contribution in [0.2, 0.25) is 0 Å². The first-order valence-electron chi connectivity index (χ1n) is 6.32. The quantitative estimate of drug-likeness (QED) is 0.866. The zero-order valence-corrected chi connectivity index (χ0v) is 10.4. The van der Waals surface area contributed by atoms with Gasteiger partial charge in [0.1, 0.15) is 11.4 Å². The molecular formula is C14H18FNO2. The lowest BCUT2D eigenvalue weighted by molar-refractivity contribution is -0.145. The maximum absolute atomic E-state index is 13.2. The number of nitrogens with one attached hydrogen (secondary N) is 1. The third-order valence-corrected chi connectivity index (χ3v) is 3.87. The van der Waals surface area contributed by atoms with Crippen LogP contribution in [0.4, 0.5) is 10.1 Å². The van der Waals surface area contributed by atoms with Gasteiger partial charge in [0.05, 0.1) is 0 Å². The van der Waals surface area contributed by atoms with E-state index in [9.17, 15) is 14.3 Å². The van der Waals surface area contributed by atoms with Crippen LogP contribution in [0.5, 0.6) is 0 Å². The van der Waals surface area contributed by atoms with Crippen LogP contribution < -0.4 is 5.32 Å². The second-order valence-corrected chi connectivity index (χ2v) is 5.06. The Labute approximate surface area is 106 Å². The number of hydrogen-bond acceptors (Lipinski definition) is 2. The Kier molecular flexibility index (Phi) is 3.55. The summed E-state index contributed by atoms with van der Waals surface area (Å²) in [5, 5.41) is 12.6. The van der Waals surface area contributed by atoms with Gasteiger partial charge in [0.15, 0.2) is 0 Å². The van der Waals surface area contributed by atoms with Crippen molar-refractivity contribution in [3.63, 3.8) is 0 Å². The molecule has 3 nitrogen and oxygen atoms in total. The van der Waals surface area contributed by atoms with Crippen molar-refractivity contribution >= 4 is 11.7 Å². The summed E-state index contributed by atoms with van der Waals surface area (Å²) in [7, 11) is 0. The van der Waals surface area contributed by atoms with Gasteiger partial charge in [-0.05, 0) is 37.0 Å². The third kappa shape index (κ3) is 2.33. The number of aliphatic carboxylic acids is 1. The zero-order valence-electron chi connectivity index (χ0n) is 10.4. The predicted octanol–water partition coefficient (Wildman–Crippen LogP) is 3.27. The highest BCUT2D eigenvalue weighted by atomic mass is 19.1. The lowest BCUT2D eigenvalue weighted by atomic mass is 9.73. The molecule has 0 bridgehead atoms. The maximum Gasteiger partial charge on any atom is 0.329 e. The average Bonchev–Trinajstić information content (AvgIpc) is 2.32. The second kappa shape index (κ2) is 4.96. The minimum atomic E-state index is -0.966. The highest BCUT2D eigenvalue weighted by Gasteiger charge is 2.45. The normalized spacial score (nSPS) is 27.8. The van der Waals surface area contributed by atoms with Gasteiger partial charge < -0.3 is 10.4 Å². The molecule has 1 aromatic carbocycles. The Morgan fingerprint density at radius 2 is 2.28 bits per heavy atom. The van der Waals surface area contributed by atoms with Crippen molar-refractivity contribution in [3.8, 4) is 0 Å². The van der Waals surface area contributed by atoms with Crippen molar-refractivity contribution in [2.75, 3.05) is 5.32 Å². The van der Waals surface area contributed by atoms with Crippen molar-refractivity contribution in [2.24, 2.45) is 5.92 Å². The van der Waals surface area contributed by atoms with Gasteiger partial charge >= 0.3 is 5.97 Å². The molecule has 0 amide bonds. The second-order valence-electron chi connectivity index (χ2n) is 5.06. The number of carboxylic acids is 1. The monoisotopic (exact) mass is 251 g/mol. The molecule has 1 aliphatic carbocycles. The van der Waals surface area contributed by atoms with Crippen molar-refractivity contribution in [1.29, 1.82) is 0 Å². The van der Waals surface area contributed by atoms with Gasteiger partial charge in [0.2, 0.25) is 0 Å². The topological polar surface area (TPSA) is 49.3 Å². The summed E-state index contributed by atoms with van der Waals surface area (Å²) >= 11 is 0. The average molecular weight is 251 g/mol. The van der Waals surface area contributed by atoms with Crippen LogP contribution in [0.25, 0.3) is 0 Å². The van der Waals surface area contributed by atoms with E-state index in [1.807, 2.05) is 6.92 Å². The molecule has 4 heteroatoms. The van der Waals surface area contributed by atoms with Crippen molar-refractivity contribution in [3.05, 3.63) is 30.1 Å². The van der Waals surface area contributed by atoms with Gasteiger partial charge in [0, 0.05) is 5.69 Å². The van der Waals surface area contributed by atoms with E-state index < -0.39 is 11.5 Å². The number of rotatable bonds is 3. The van der Waals surface area contributed by atoms with E-state index in [1.165, 1.54) is 12.1 Å². The van der Waals surface area contributed by atoms with E-state index in [2.05, 4.69) is 5.32 Å². The first-order chi connectivity index (χ1) is 8.54. The van der Waals surface area contributed by atoms with Gasteiger partial charge in [-0.25, -0.2) is 9.18 Å². The number of carboxylic acid groups (broad SMARTS) is 1. The summed E-state index contributed by atoms with van der Waals surface area (Å²) < 4.78 is 13.2. The SMILES string of the molecule is CC1CCCCC1(Nc1cccc(F)c1)C(=O)O. The summed E-state index contributed by atoms with van der Waals surface area (Å²) in [5.41, 5.74) is -0.433. The van der Waals surface area contributed by atoms with E-state index in [-0.39, 0.29) is 11.7 Å². The fraction of sp³-hybridized carbons (Fsp3) is 0.500. The molecule has 0 aliphatic heterocycles. The third-order valence-electron chi connectivity index (χ3n) is 3.87. The molecule has 98 valence electrons. The molecule has 2 atom stereocenters. The molecule has 2 rings (SSSR count). The first-order valence-corrected chi connectivity index (χ1v) is 6.32. The van der Waals surface area contributed by atoms with E-state index in [4.69, 9.17) is 0 Å². The Morgan fingerprint density at radius 3 is 2.89 bits per heavy atom. The minimum absolute atomic E-state index is 0.0343. The van der Waals surface area contributed by atoms with Crippen LogP contribution in [-0.2, 0) is 4.79 Å². The minimum Gasteiger partial charge on any atom is -0.479 e. The van der Waals surface area contributed by atoms with E-state index in [0.29, 0.717) is 12.1 Å². The highest BCUT2D eigenvalue weighted by Crippen LogP contribution is 2.36. The molecule has 18 heavy (non-hydrogen) atoms. The summed E-state index contributed by atoms with van der Waals surface area (Å²) in [4.78, 5) is 11.6. The molecule has 0 aromatic heterocycles. The molecule has 1 fully saturated rings. The van der Waals surface area contributed by atoms with Gasteiger partial charge in [-0.1, -0.05) is 25.8 Å². The molecule has 0 saturated heterocycles. The van der Waals surface area contributed by atoms with E-state index >= 15 is 0 Å². The first kappa shape index (κ1) is 12.9. The van der Waals surface area contributed by atoms with Crippen LogP contribution in [0.3, 0.4) is 0 Å². The van der Waals surface area contributed by atoms with Gasteiger partial charge in [-0.15, -0.1) is 0 Å². The van der Waals surface area contributed by atoms with Crippen molar-refractivity contribution in [1.82, 2.24) is 0 Å². The zero-order chi connectivity index (χ0) is 13.2. The molecule has 2 unspecified atom stereocenters. The van der Waals surface area contributed by atoms with Crippen molar-refractivity contribution < 1.29 is 14.3 Å². The van der Waals surface area contributed by atoms with E-state index in [0.717, 1.165) is 19.3 Å². The molecule has 2 N–H and O–H groups in total. The number of anilines is 1. The van der Waals surface area contributed by atoms with Crippen molar-refractivity contribution in [2.45, 2.75) is 38.1 Å². The van der Waals surface area contributed by atoms with E-state index in [1.54, 1.807) is 12.1 Å². The number of benzene rings is 1. The number of carbonyl (C=O) groups is 1. The maximum atomic E-state index is 13.2. The highest BCUT2D eigenvalue weighted by molar-refractivity contribution is 5.83. The molecular weight excluding hydrogens is 233 g/mol. The molecule has 1 aromatic rings. The summed E-state index contributed by atoms with van der Waals surface area (Å²) in [6.45, 7) is 1.94. The lowest BCUT2D eigenvalue weighted by Gasteiger charge is -2.40. The Bertz CT molecular complexity index is 449. The fourth-order valence-electron chi connectivity index (χ4n) is 2.73. The molecule has 0 spiro atoms. The molecule has 1 aliphatic rings. The van der Waals surface area contributed by atoms with Crippen LogP contribution in [-0.4, -0.2) is 16.6 Å². The fourth-order valence-corrected chi connectivity index (χ4v) is 2.73. The predicted molar refractivity (Wildman–Crippen MR) is 68.0 cm³/mol. The van der Waals surface area contributed by atoms with Crippen LogP contribution >= 0.6 is 0 Å². The lowest BCUT2D eigenvalue weighted by Crippen LogP contribution is -2.53. The molecule has 1 saturated carbocycles. The standard InChI is InChI=1S/C14H18FNO2/c1-10-5-2-3-8-14(10,13(17)18)16-12-7-4-6-11(15)9-12/h4,6-7,9-10,16H,2-3,5,8H2,1H3,(H,17,18). The van der Waals surface area contributed by atoms with Crippen LogP contribution in [0, 0.1) is 11.7 Å². The molecule has 0 heterocycles. The Morgan fingerprint density at radius 1 is 1.50 bits per heavy atom. The van der Waals surface area contributed by atoms with Crippen LogP contribution in [0.15, 0.2) is 24.3 Å². The smallest absolute Gasteiger partial charge is 0.329 e. The van der Waals surface area contributed by atoms with Gasteiger partial charge in [-0.3, -0.25) is 0 Å². The van der Waals surface area contributed by atoms with Gasteiger partial charge in [-0.2, -0.15) is 0 Å². The summed E-state index contributed by atoms with van der Waals surface area (Å²) in [5.74, 6) is -1.17.